The third-order valence-corrected chi connectivity index (χ3v) is 3.55. The van der Waals surface area contributed by atoms with Gasteiger partial charge >= 0.3 is 5.97 Å². The van der Waals surface area contributed by atoms with Crippen LogP contribution in [0.1, 0.15) is 18.9 Å². The standard InChI is InChI=1S/C14H19NO3/c1-14(13(16)17,12-5-3-2-4-6-12)15-9-11-7-8-18-10-11/h2-6,11,15H,7-10H2,1H3,(H,16,17). The van der Waals surface area contributed by atoms with Gasteiger partial charge in [-0.3, -0.25) is 5.32 Å². The summed E-state index contributed by atoms with van der Waals surface area (Å²) in [4.78, 5) is 11.5. The van der Waals surface area contributed by atoms with E-state index in [0.29, 0.717) is 12.5 Å². The van der Waals surface area contributed by atoms with E-state index in [9.17, 15) is 9.90 Å². The van der Waals surface area contributed by atoms with Crippen molar-refractivity contribution in [2.45, 2.75) is 18.9 Å². The number of ether oxygens (including phenoxy) is 1. The molecule has 1 aliphatic heterocycles. The molecule has 18 heavy (non-hydrogen) atoms. The van der Waals surface area contributed by atoms with Crippen molar-refractivity contribution in [3.8, 4) is 0 Å². The van der Waals surface area contributed by atoms with E-state index in [4.69, 9.17) is 4.74 Å². The highest BCUT2D eigenvalue weighted by Gasteiger charge is 2.35. The van der Waals surface area contributed by atoms with Gasteiger partial charge in [0, 0.05) is 13.2 Å². The Morgan fingerprint density at radius 1 is 1.50 bits per heavy atom. The molecule has 0 aliphatic carbocycles. The van der Waals surface area contributed by atoms with E-state index >= 15 is 0 Å². The van der Waals surface area contributed by atoms with Crippen molar-refractivity contribution in [2.24, 2.45) is 5.92 Å². The van der Waals surface area contributed by atoms with Gasteiger partial charge in [0.05, 0.1) is 6.61 Å². The zero-order chi connectivity index (χ0) is 13.0. The summed E-state index contributed by atoms with van der Waals surface area (Å²) in [5.41, 5.74) is -0.263. The van der Waals surface area contributed by atoms with Crippen molar-refractivity contribution in [3.05, 3.63) is 35.9 Å². The molecule has 1 fully saturated rings. The molecule has 4 heteroatoms. The van der Waals surface area contributed by atoms with Crippen molar-refractivity contribution < 1.29 is 14.6 Å². The quantitative estimate of drug-likeness (QED) is 0.832. The van der Waals surface area contributed by atoms with Gasteiger partial charge in [0.25, 0.3) is 0 Å². The second kappa shape index (κ2) is 5.50. The van der Waals surface area contributed by atoms with Crippen LogP contribution in [-0.4, -0.2) is 30.8 Å². The van der Waals surface area contributed by atoms with E-state index in [0.717, 1.165) is 25.2 Å². The van der Waals surface area contributed by atoms with Crippen molar-refractivity contribution in [3.63, 3.8) is 0 Å². The van der Waals surface area contributed by atoms with Crippen LogP contribution in [0.4, 0.5) is 0 Å². The van der Waals surface area contributed by atoms with E-state index in [1.54, 1.807) is 6.92 Å². The molecule has 1 aromatic carbocycles. The number of carboxylic acid groups (broad SMARTS) is 1. The average Bonchev–Trinajstić information content (AvgIpc) is 2.90. The number of aliphatic carboxylic acids is 1. The second-order valence-corrected chi connectivity index (χ2v) is 4.91. The van der Waals surface area contributed by atoms with Crippen molar-refractivity contribution in [1.29, 1.82) is 0 Å². The largest absolute Gasteiger partial charge is 0.480 e. The third-order valence-electron chi connectivity index (χ3n) is 3.55. The summed E-state index contributed by atoms with van der Waals surface area (Å²) in [7, 11) is 0. The molecule has 4 nitrogen and oxygen atoms in total. The van der Waals surface area contributed by atoms with Crippen molar-refractivity contribution in [1.82, 2.24) is 5.32 Å². The maximum Gasteiger partial charge on any atom is 0.328 e. The smallest absolute Gasteiger partial charge is 0.328 e. The van der Waals surface area contributed by atoms with Crippen LogP contribution in [-0.2, 0) is 15.1 Å². The fourth-order valence-corrected chi connectivity index (χ4v) is 2.17. The summed E-state index contributed by atoms with van der Waals surface area (Å²) in [6.07, 6.45) is 0.998. The number of hydrogen-bond acceptors (Lipinski definition) is 3. The van der Waals surface area contributed by atoms with Crippen molar-refractivity contribution >= 4 is 5.97 Å². The van der Waals surface area contributed by atoms with E-state index in [1.165, 1.54) is 0 Å². The number of carboxylic acids is 1. The van der Waals surface area contributed by atoms with Crippen LogP contribution in [0.2, 0.25) is 0 Å². The lowest BCUT2D eigenvalue weighted by Gasteiger charge is -2.28. The van der Waals surface area contributed by atoms with Crippen LogP contribution in [0.25, 0.3) is 0 Å². The van der Waals surface area contributed by atoms with E-state index < -0.39 is 11.5 Å². The van der Waals surface area contributed by atoms with E-state index in [1.807, 2.05) is 30.3 Å². The molecule has 1 saturated heterocycles. The van der Waals surface area contributed by atoms with Gasteiger partial charge in [0.1, 0.15) is 5.54 Å². The van der Waals surface area contributed by atoms with Crippen LogP contribution in [0, 0.1) is 5.92 Å². The van der Waals surface area contributed by atoms with Gasteiger partial charge in [-0.25, -0.2) is 4.79 Å². The third kappa shape index (κ3) is 2.71. The molecule has 1 heterocycles. The van der Waals surface area contributed by atoms with Gasteiger partial charge in [-0.05, 0) is 24.8 Å². The summed E-state index contributed by atoms with van der Waals surface area (Å²) in [5.74, 6) is -0.444. The SMILES string of the molecule is CC(NCC1CCOC1)(C(=O)O)c1ccccc1. The fraction of sp³-hybridized carbons (Fsp3) is 0.500. The zero-order valence-electron chi connectivity index (χ0n) is 10.6. The lowest BCUT2D eigenvalue weighted by Crippen LogP contribution is -2.48. The van der Waals surface area contributed by atoms with Crippen LogP contribution in [0.15, 0.2) is 30.3 Å². The Morgan fingerprint density at radius 3 is 2.78 bits per heavy atom. The average molecular weight is 249 g/mol. The topological polar surface area (TPSA) is 58.6 Å². The Morgan fingerprint density at radius 2 is 2.22 bits per heavy atom. The molecule has 0 radical (unpaired) electrons. The highest BCUT2D eigenvalue weighted by molar-refractivity contribution is 5.80. The summed E-state index contributed by atoms with van der Waals surface area (Å²) in [5, 5.41) is 12.6. The molecular weight excluding hydrogens is 230 g/mol. The molecule has 0 amide bonds. The van der Waals surface area contributed by atoms with Gasteiger partial charge in [-0.1, -0.05) is 30.3 Å². The first-order valence-electron chi connectivity index (χ1n) is 6.24. The Bertz CT molecular complexity index is 401. The van der Waals surface area contributed by atoms with Gasteiger partial charge < -0.3 is 9.84 Å². The summed E-state index contributed by atoms with van der Waals surface area (Å²) < 4.78 is 5.30. The zero-order valence-corrected chi connectivity index (χ0v) is 10.6. The van der Waals surface area contributed by atoms with E-state index in [2.05, 4.69) is 5.32 Å². The fourth-order valence-electron chi connectivity index (χ4n) is 2.17. The molecule has 0 saturated carbocycles. The Kier molecular flexibility index (Phi) is 3.99. The van der Waals surface area contributed by atoms with Crippen LogP contribution < -0.4 is 5.32 Å². The molecule has 0 bridgehead atoms. The molecular formula is C14H19NO3. The molecule has 2 N–H and O–H groups in total. The molecule has 1 aromatic rings. The first-order valence-corrected chi connectivity index (χ1v) is 6.24. The first-order chi connectivity index (χ1) is 8.63. The number of hydrogen-bond donors (Lipinski definition) is 2. The second-order valence-electron chi connectivity index (χ2n) is 4.91. The maximum absolute atomic E-state index is 11.5. The highest BCUT2D eigenvalue weighted by Crippen LogP contribution is 2.22. The molecule has 1 aliphatic rings. The van der Waals surface area contributed by atoms with Crippen LogP contribution in [0.5, 0.6) is 0 Å². The highest BCUT2D eigenvalue weighted by atomic mass is 16.5. The Balaban J connectivity index is 2.09. The maximum atomic E-state index is 11.5. The monoisotopic (exact) mass is 249 g/mol. The molecule has 2 rings (SSSR count). The van der Waals surface area contributed by atoms with E-state index in [-0.39, 0.29) is 0 Å². The normalized spacial score (nSPS) is 22.6. The number of rotatable bonds is 5. The Hall–Kier alpha value is -1.39. The Labute approximate surface area is 107 Å². The first kappa shape index (κ1) is 13.1. The van der Waals surface area contributed by atoms with Crippen LogP contribution >= 0.6 is 0 Å². The summed E-state index contributed by atoms with van der Waals surface area (Å²) in [6, 6.07) is 9.28. The molecule has 2 atom stereocenters. The number of benzene rings is 1. The minimum Gasteiger partial charge on any atom is -0.480 e. The summed E-state index contributed by atoms with van der Waals surface area (Å²) in [6.45, 7) is 3.87. The summed E-state index contributed by atoms with van der Waals surface area (Å²) >= 11 is 0. The predicted octanol–water partition coefficient (Wildman–Crippen LogP) is 1.61. The number of carbonyl (C=O) groups is 1. The minimum absolute atomic E-state index is 0.410. The number of nitrogens with one attached hydrogen (secondary N) is 1. The minimum atomic E-state index is -1.04. The molecule has 98 valence electrons. The lowest BCUT2D eigenvalue weighted by molar-refractivity contribution is -0.144. The predicted molar refractivity (Wildman–Crippen MR) is 68.4 cm³/mol. The van der Waals surface area contributed by atoms with Gasteiger partial charge in [0.15, 0.2) is 0 Å². The molecule has 2 unspecified atom stereocenters. The van der Waals surface area contributed by atoms with Gasteiger partial charge in [0.2, 0.25) is 0 Å². The molecule has 0 aromatic heterocycles. The molecule has 0 spiro atoms. The van der Waals surface area contributed by atoms with Gasteiger partial charge in [-0.2, -0.15) is 0 Å². The van der Waals surface area contributed by atoms with Gasteiger partial charge in [-0.15, -0.1) is 0 Å². The van der Waals surface area contributed by atoms with Crippen molar-refractivity contribution in [2.75, 3.05) is 19.8 Å². The van der Waals surface area contributed by atoms with Crippen LogP contribution in [0.3, 0.4) is 0 Å². The lowest BCUT2D eigenvalue weighted by atomic mass is 9.91.